The normalized spacial score (nSPS) is 10.6. The second-order valence-electron chi connectivity index (χ2n) is 7.02. The zero-order valence-electron chi connectivity index (χ0n) is 17.3. The number of esters is 1. The number of thioether (sulfide) groups is 1. The van der Waals surface area contributed by atoms with Gasteiger partial charge in [0.2, 0.25) is 0 Å². The van der Waals surface area contributed by atoms with Crippen LogP contribution in [0.3, 0.4) is 0 Å². The van der Waals surface area contributed by atoms with Crippen LogP contribution in [-0.4, -0.2) is 22.6 Å². The number of hydrogen-bond donors (Lipinski definition) is 0. The number of para-hydroxylation sites is 1. The Morgan fingerprint density at radius 2 is 1.78 bits per heavy atom. The number of ether oxygens (including phenoxy) is 1. The largest absolute Gasteiger partial charge is 0.468 e. The van der Waals surface area contributed by atoms with Crippen LogP contribution in [0.4, 0.5) is 0 Å². The zero-order chi connectivity index (χ0) is 22.5. The van der Waals surface area contributed by atoms with Gasteiger partial charge in [0.05, 0.1) is 29.6 Å². The maximum atomic E-state index is 12.9. The summed E-state index contributed by atoms with van der Waals surface area (Å²) in [5.41, 5.74) is 3.82. The second kappa shape index (κ2) is 9.50. The van der Waals surface area contributed by atoms with Gasteiger partial charge in [-0.1, -0.05) is 66.4 Å². The highest BCUT2D eigenvalue weighted by Gasteiger charge is 2.15. The molecular weight excluding hydrogens is 422 g/mol. The molecule has 0 fully saturated rings. The maximum Gasteiger partial charge on any atom is 0.325 e. The minimum Gasteiger partial charge on any atom is -0.468 e. The maximum absolute atomic E-state index is 12.9. The number of nitriles is 1. The number of hydrogen-bond acceptors (Lipinski definition) is 6. The molecule has 158 valence electrons. The van der Waals surface area contributed by atoms with Gasteiger partial charge in [0.15, 0.2) is 5.16 Å². The molecule has 4 rings (SSSR count). The van der Waals surface area contributed by atoms with Gasteiger partial charge < -0.3 is 4.74 Å². The molecule has 0 aliphatic carbocycles. The van der Waals surface area contributed by atoms with E-state index in [0.717, 1.165) is 16.7 Å². The van der Waals surface area contributed by atoms with Crippen LogP contribution in [0.2, 0.25) is 0 Å². The molecule has 32 heavy (non-hydrogen) atoms. The topological polar surface area (TPSA) is 85.0 Å². The molecular formula is C25H19N3O3S. The highest BCUT2D eigenvalue weighted by atomic mass is 32.2. The summed E-state index contributed by atoms with van der Waals surface area (Å²) in [5.74, 6) is 0.0538. The van der Waals surface area contributed by atoms with Crippen molar-refractivity contribution < 1.29 is 9.53 Å². The van der Waals surface area contributed by atoms with Gasteiger partial charge in [-0.3, -0.25) is 14.2 Å². The molecule has 0 unspecified atom stereocenters. The number of carbonyl (C=O) groups excluding carboxylic acids is 1. The summed E-state index contributed by atoms with van der Waals surface area (Å²) in [4.78, 5) is 29.4. The van der Waals surface area contributed by atoms with Crippen molar-refractivity contribution in [2.75, 3.05) is 7.11 Å². The first-order valence-electron chi connectivity index (χ1n) is 9.88. The summed E-state index contributed by atoms with van der Waals surface area (Å²) in [6, 6.07) is 24.7. The number of rotatable bonds is 6. The molecule has 7 heteroatoms. The van der Waals surface area contributed by atoms with Crippen molar-refractivity contribution in [3.05, 3.63) is 94.3 Å². The summed E-state index contributed by atoms with van der Waals surface area (Å²) >= 11 is 1.38. The van der Waals surface area contributed by atoms with E-state index < -0.39 is 5.97 Å². The molecule has 0 aliphatic heterocycles. The van der Waals surface area contributed by atoms with Gasteiger partial charge in [-0.05, 0) is 34.9 Å². The van der Waals surface area contributed by atoms with Crippen LogP contribution in [0.15, 0.2) is 82.7 Å². The van der Waals surface area contributed by atoms with Crippen LogP contribution >= 0.6 is 11.8 Å². The highest BCUT2D eigenvalue weighted by Crippen LogP contribution is 2.26. The zero-order valence-corrected chi connectivity index (χ0v) is 18.1. The molecule has 0 atom stereocenters. The van der Waals surface area contributed by atoms with Gasteiger partial charge in [0, 0.05) is 5.75 Å². The fraction of sp³-hybridized carbons (Fsp3) is 0.120. The molecule has 6 nitrogen and oxygen atoms in total. The van der Waals surface area contributed by atoms with Gasteiger partial charge in [0.1, 0.15) is 6.54 Å². The Hall–Kier alpha value is -3.89. The van der Waals surface area contributed by atoms with Crippen molar-refractivity contribution in [3.63, 3.8) is 0 Å². The van der Waals surface area contributed by atoms with Crippen LogP contribution in [-0.2, 0) is 21.8 Å². The summed E-state index contributed by atoms with van der Waals surface area (Å²) in [7, 11) is 1.29. The standard InChI is InChI=1S/C25H19N3O3S/c1-31-23(29)15-28-24(30)21-8-4-5-9-22(21)27-25(28)32-16-17-10-12-18(13-11-17)20-7-3-2-6-19(20)14-26/h2-13H,15-16H2,1H3. The molecule has 0 saturated carbocycles. The average molecular weight is 442 g/mol. The third kappa shape index (κ3) is 4.41. The predicted molar refractivity (Wildman–Crippen MR) is 124 cm³/mol. The van der Waals surface area contributed by atoms with E-state index >= 15 is 0 Å². The highest BCUT2D eigenvalue weighted by molar-refractivity contribution is 7.98. The first-order chi connectivity index (χ1) is 15.6. The smallest absolute Gasteiger partial charge is 0.325 e. The summed E-state index contributed by atoms with van der Waals surface area (Å²) in [6.45, 7) is -0.195. The third-order valence-electron chi connectivity index (χ3n) is 5.02. The first-order valence-corrected chi connectivity index (χ1v) is 10.9. The van der Waals surface area contributed by atoms with E-state index in [4.69, 9.17) is 4.74 Å². The quantitative estimate of drug-likeness (QED) is 0.250. The van der Waals surface area contributed by atoms with Crippen LogP contribution in [0.5, 0.6) is 0 Å². The first kappa shape index (κ1) is 21.3. The second-order valence-corrected chi connectivity index (χ2v) is 7.96. The van der Waals surface area contributed by atoms with E-state index in [1.165, 1.54) is 23.4 Å². The van der Waals surface area contributed by atoms with Crippen LogP contribution in [0.25, 0.3) is 22.0 Å². The Balaban J connectivity index is 1.61. The number of fused-ring (bicyclic) bond motifs is 1. The van der Waals surface area contributed by atoms with Crippen LogP contribution in [0.1, 0.15) is 11.1 Å². The molecule has 1 aromatic heterocycles. The van der Waals surface area contributed by atoms with E-state index in [2.05, 4.69) is 11.1 Å². The monoisotopic (exact) mass is 441 g/mol. The Morgan fingerprint density at radius 1 is 1.06 bits per heavy atom. The molecule has 0 aliphatic rings. The average Bonchev–Trinajstić information content (AvgIpc) is 2.85. The van der Waals surface area contributed by atoms with Gasteiger partial charge in [0.25, 0.3) is 5.56 Å². The van der Waals surface area contributed by atoms with Crippen LogP contribution < -0.4 is 5.56 Å². The molecule has 0 amide bonds. The lowest BCUT2D eigenvalue weighted by Gasteiger charge is -2.12. The number of benzene rings is 3. The molecule has 0 N–H and O–H groups in total. The Morgan fingerprint density at radius 3 is 2.53 bits per heavy atom. The summed E-state index contributed by atoms with van der Waals surface area (Å²) < 4.78 is 6.11. The van der Waals surface area contributed by atoms with Gasteiger partial charge in [-0.25, -0.2) is 4.98 Å². The lowest BCUT2D eigenvalue weighted by atomic mass is 10.00. The lowest BCUT2D eigenvalue weighted by molar-refractivity contribution is -0.141. The third-order valence-corrected chi connectivity index (χ3v) is 6.07. The fourth-order valence-corrected chi connectivity index (χ4v) is 4.31. The van der Waals surface area contributed by atoms with Gasteiger partial charge in [-0.2, -0.15) is 5.26 Å². The van der Waals surface area contributed by atoms with E-state index in [-0.39, 0.29) is 12.1 Å². The molecule has 4 aromatic rings. The van der Waals surface area contributed by atoms with Crippen LogP contribution in [0, 0.1) is 11.3 Å². The van der Waals surface area contributed by atoms with Crippen molar-refractivity contribution in [2.24, 2.45) is 0 Å². The summed E-state index contributed by atoms with van der Waals surface area (Å²) in [5, 5.41) is 10.2. The fourth-order valence-electron chi connectivity index (χ4n) is 3.35. The van der Waals surface area contributed by atoms with E-state index in [9.17, 15) is 14.9 Å². The van der Waals surface area contributed by atoms with Gasteiger partial charge in [-0.15, -0.1) is 0 Å². The Labute approximate surface area is 189 Å². The minimum atomic E-state index is -0.508. The number of methoxy groups -OCH3 is 1. The van der Waals surface area contributed by atoms with Gasteiger partial charge >= 0.3 is 5.97 Å². The van der Waals surface area contributed by atoms with E-state index in [1.807, 2.05) is 48.5 Å². The SMILES string of the molecule is COC(=O)Cn1c(SCc2ccc(-c3ccccc3C#N)cc2)nc2ccccc2c1=O. The molecule has 0 spiro atoms. The lowest BCUT2D eigenvalue weighted by Crippen LogP contribution is -2.27. The van der Waals surface area contributed by atoms with Crippen molar-refractivity contribution in [1.29, 1.82) is 5.26 Å². The Kier molecular flexibility index (Phi) is 6.34. The van der Waals surface area contributed by atoms with Crippen molar-refractivity contribution in [2.45, 2.75) is 17.5 Å². The van der Waals surface area contributed by atoms with E-state index in [1.54, 1.807) is 24.3 Å². The molecule has 3 aromatic carbocycles. The number of aromatic nitrogens is 2. The minimum absolute atomic E-state index is 0.195. The molecule has 0 radical (unpaired) electrons. The van der Waals surface area contributed by atoms with Crippen molar-refractivity contribution in [3.8, 4) is 17.2 Å². The molecule has 1 heterocycles. The number of nitrogens with zero attached hydrogens (tertiary/aromatic N) is 3. The van der Waals surface area contributed by atoms with E-state index in [0.29, 0.717) is 27.4 Å². The Bertz CT molecular complexity index is 1390. The predicted octanol–water partition coefficient (Wildman–Crippen LogP) is 4.40. The molecule has 0 saturated heterocycles. The van der Waals surface area contributed by atoms with Crippen molar-refractivity contribution in [1.82, 2.24) is 9.55 Å². The number of carbonyl (C=O) groups is 1. The van der Waals surface area contributed by atoms with Crippen molar-refractivity contribution >= 4 is 28.6 Å². The summed E-state index contributed by atoms with van der Waals surface area (Å²) in [6.07, 6.45) is 0. The molecule has 0 bridgehead atoms.